The van der Waals surface area contributed by atoms with Crippen LogP contribution in [0.4, 0.5) is 5.69 Å². The van der Waals surface area contributed by atoms with Crippen LogP contribution >= 0.6 is 0 Å². The first kappa shape index (κ1) is 10.3. The van der Waals surface area contributed by atoms with E-state index in [0.717, 1.165) is 13.0 Å². The molecule has 1 aromatic rings. The highest BCUT2D eigenvalue weighted by molar-refractivity contribution is 5.69. The van der Waals surface area contributed by atoms with Gasteiger partial charge in [0.05, 0.1) is 0 Å². The third kappa shape index (κ3) is 2.06. The van der Waals surface area contributed by atoms with Crippen molar-refractivity contribution < 1.29 is 0 Å². The zero-order valence-electron chi connectivity index (χ0n) is 9.64. The fourth-order valence-corrected chi connectivity index (χ4v) is 2.25. The zero-order chi connectivity index (χ0) is 10.7. The molecule has 0 aliphatic carbocycles. The van der Waals surface area contributed by atoms with Gasteiger partial charge < -0.3 is 5.32 Å². The number of rotatable bonds is 2. The summed E-state index contributed by atoms with van der Waals surface area (Å²) in [7, 11) is 0. The molecule has 0 bridgehead atoms. The lowest BCUT2D eigenvalue weighted by Crippen LogP contribution is -2.11. The third-order valence-electron chi connectivity index (χ3n) is 3.14. The number of hydrogen-bond acceptors (Lipinski definition) is 1. The second-order valence-corrected chi connectivity index (χ2v) is 4.07. The minimum absolute atomic E-state index is 1.11. The van der Waals surface area contributed by atoms with E-state index in [-0.39, 0.29) is 0 Å². The van der Waals surface area contributed by atoms with E-state index in [4.69, 9.17) is 0 Å². The zero-order valence-corrected chi connectivity index (χ0v) is 9.64. The SMILES string of the molecule is C/C=C(\CC)c1ccc2c(c1)CCCN2. The first-order valence-corrected chi connectivity index (χ1v) is 5.87. The molecular weight excluding hydrogens is 182 g/mol. The van der Waals surface area contributed by atoms with Crippen molar-refractivity contribution in [3.8, 4) is 0 Å². The second kappa shape index (κ2) is 4.52. The largest absolute Gasteiger partial charge is 0.385 e. The number of nitrogens with one attached hydrogen (secondary N) is 1. The number of hydrogen-bond donors (Lipinski definition) is 1. The Kier molecular flexibility index (Phi) is 3.10. The summed E-state index contributed by atoms with van der Waals surface area (Å²) in [6, 6.07) is 6.80. The number of benzene rings is 1. The Bertz CT molecular complexity index is 377. The highest BCUT2D eigenvalue weighted by Crippen LogP contribution is 2.27. The molecule has 0 aromatic heterocycles. The van der Waals surface area contributed by atoms with E-state index < -0.39 is 0 Å². The molecule has 15 heavy (non-hydrogen) atoms. The monoisotopic (exact) mass is 201 g/mol. The predicted molar refractivity (Wildman–Crippen MR) is 67.2 cm³/mol. The van der Waals surface area contributed by atoms with E-state index in [2.05, 4.69) is 43.4 Å². The van der Waals surface area contributed by atoms with Crippen molar-refractivity contribution in [3.05, 3.63) is 35.4 Å². The van der Waals surface area contributed by atoms with Gasteiger partial charge >= 0.3 is 0 Å². The fraction of sp³-hybridized carbons (Fsp3) is 0.429. The minimum Gasteiger partial charge on any atom is -0.385 e. The molecule has 1 heteroatoms. The van der Waals surface area contributed by atoms with Crippen molar-refractivity contribution >= 4 is 11.3 Å². The van der Waals surface area contributed by atoms with Crippen LogP contribution in [0, 0.1) is 0 Å². The van der Waals surface area contributed by atoms with Gasteiger partial charge in [-0.25, -0.2) is 0 Å². The molecule has 0 radical (unpaired) electrons. The van der Waals surface area contributed by atoms with E-state index in [0.29, 0.717) is 0 Å². The van der Waals surface area contributed by atoms with E-state index >= 15 is 0 Å². The quantitative estimate of drug-likeness (QED) is 0.766. The van der Waals surface area contributed by atoms with Crippen LogP contribution in [0.2, 0.25) is 0 Å². The first-order chi connectivity index (χ1) is 7.35. The van der Waals surface area contributed by atoms with Crippen molar-refractivity contribution in [3.63, 3.8) is 0 Å². The van der Waals surface area contributed by atoms with Crippen LogP contribution in [0.15, 0.2) is 24.3 Å². The predicted octanol–water partition coefficient (Wildman–Crippen LogP) is 3.86. The Morgan fingerprint density at radius 1 is 1.47 bits per heavy atom. The molecule has 1 N–H and O–H groups in total. The molecule has 1 aliphatic heterocycles. The van der Waals surface area contributed by atoms with E-state index in [9.17, 15) is 0 Å². The molecule has 1 heterocycles. The number of aryl methyl sites for hydroxylation is 1. The smallest absolute Gasteiger partial charge is 0.0373 e. The molecule has 1 aromatic carbocycles. The lowest BCUT2D eigenvalue weighted by molar-refractivity contribution is 0.830. The Labute approximate surface area is 92.2 Å². The maximum atomic E-state index is 3.45. The van der Waals surface area contributed by atoms with Gasteiger partial charge in [0.25, 0.3) is 0 Å². The van der Waals surface area contributed by atoms with Crippen molar-refractivity contribution in [1.29, 1.82) is 0 Å². The molecule has 80 valence electrons. The average molecular weight is 201 g/mol. The van der Waals surface area contributed by atoms with Gasteiger partial charge in [-0.2, -0.15) is 0 Å². The molecular formula is C14H19N. The van der Waals surface area contributed by atoms with Crippen LogP contribution in [0.5, 0.6) is 0 Å². The van der Waals surface area contributed by atoms with Crippen LogP contribution in [0.25, 0.3) is 5.57 Å². The van der Waals surface area contributed by atoms with Crippen LogP contribution in [0.1, 0.15) is 37.8 Å². The Hall–Kier alpha value is -1.24. The summed E-state index contributed by atoms with van der Waals surface area (Å²) in [5, 5.41) is 3.45. The molecule has 1 nitrogen and oxygen atoms in total. The van der Waals surface area contributed by atoms with Gasteiger partial charge in [0.1, 0.15) is 0 Å². The van der Waals surface area contributed by atoms with Gasteiger partial charge in [0.15, 0.2) is 0 Å². The molecule has 1 aliphatic rings. The molecule has 0 amide bonds. The standard InChI is InChI=1S/C14H19N/c1-3-11(4-2)12-7-8-14-13(10-12)6-5-9-15-14/h3,7-8,10,15H,4-6,9H2,1-2H3/b11-3+. The number of anilines is 1. The van der Waals surface area contributed by atoms with Gasteiger partial charge in [0, 0.05) is 12.2 Å². The van der Waals surface area contributed by atoms with Crippen molar-refractivity contribution in [1.82, 2.24) is 0 Å². The lowest BCUT2D eigenvalue weighted by atomic mass is 9.96. The van der Waals surface area contributed by atoms with Gasteiger partial charge in [0.2, 0.25) is 0 Å². The van der Waals surface area contributed by atoms with Crippen LogP contribution < -0.4 is 5.32 Å². The highest BCUT2D eigenvalue weighted by atomic mass is 14.9. The van der Waals surface area contributed by atoms with Gasteiger partial charge in [-0.15, -0.1) is 0 Å². The highest BCUT2D eigenvalue weighted by Gasteiger charge is 2.09. The van der Waals surface area contributed by atoms with Crippen LogP contribution in [0.3, 0.4) is 0 Å². The fourth-order valence-electron chi connectivity index (χ4n) is 2.25. The minimum atomic E-state index is 1.11. The second-order valence-electron chi connectivity index (χ2n) is 4.07. The average Bonchev–Trinajstić information content (AvgIpc) is 2.30. The van der Waals surface area contributed by atoms with Crippen molar-refractivity contribution in [2.45, 2.75) is 33.1 Å². The maximum absolute atomic E-state index is 3.45. The molecule has 0 atom stereocenters. The lowest BCUT2D eigenvalue weighted by Gasteiger charge is -2.19. The first-order valence-electron chi connectivity index (χ1n) is 5.87. The van der Waals surface area contributed by atoms with E-state index in [1.807, 2.05) is 0 Å². The summed E-state index contributed by atoms with van der Waals surface area (Å²) in [5.41, 5.74) is 5.65. The summed E-state index contributed by atoms with van der Waals surface area (Å²) in [6.07, 6.45) is 5.81. The summed E-state index contributed by atoms with van der Waals surface area (Å²) in [5.74, 6) is 0. The molecule has 0 saturated heterocycles. The summed E-state index contributed by atoms with van der Waals surface area (Å²) < 4.78 is 0. The summed E-state index contributed by atoms with van der Waals surface area (Å²) >= 11 is 0. The Morgan fingerprint density at radius 2 is 2.33 bits per heavy atom. The van der Waals surface area contributed by atoms with Gasteiger partial charge in [-0.05, 0) is 55.0 Å². The molecule has 0 unspecified atom stereocenters. The van der Waals surface area contributed by atoms with Gasteiger partial charge in [-0.3, -0.25) is 0 Å². The molecule has 0 fully saturated rings. The molecule has 0 spiro atoms. The molecule has 2 rings (SSSR count). The molecule has 0 saturated carbocycles. The topological polar surface area (TPSA) is 12.0 Å². The third-order valence-corrected chi connectivity index (χ3v) is 3.14. The van der Waals surface area contributed by atoms with Crippen LogP contribution in [-0.4, -0.2) is 6.54 Å². The van der Waals surface area contributed by atoms with Crippen LogP contribution in [-0.2, 0) is 6.42 Å². The number of allylic oxidation sites excluding steroid dienone is 2. The van der Waals surface area contributed by atoms with E-state index in [1.54, 1.807) is 0 Å². The normalized spacial score (nSPS) is 15.7. The Balaban J connectivity index is 2.35. The van der Waals surface area contributed by atoms with Crippen molar-refractivity contribution in [2.24, 2.45) is 0 Å². The summed E-state index contributed by atoms with van der Waals surface area (Å²) in [6.45, 7) is 5.46. The van der Waals surface area contributed by atoms with Crippen molar-refractivity contribution in [2.75, 3.05) is 11.9 Å². The summed E-state index contributed by atoms with van der Waals surface area (Å²) in [4.78, 5) is 0. The van der Waals surface area contributed by atoms with Gasteiger partial charge in [-0.1, -0.05) is 19.1 Å². The Morgan fingerprint density at radius 3 is 3.07 bits per heavy atom. The number of fused-ring (bicyclic) bond motifs is 1. The maximum Gasteiger partial charge on any atom is 0.0373 e. The van der Waals surface area contributed by atoms with E-state index in [1.165, 1.54) is 35.2 Å².